The number of hydrogen-bond acceptors (Lipinski definition) is 3. The molecule has 1 atom stereocenters. The van der Waals surface area contributed by atoms with Gasteiger partial charge in [-0.3, -0.25) is 0 Å². The second-order valence-corrected chi connectivity index (χ2v) is 3.13. The molecule has 12 heteroatoms. The molecule has 0 amide bonds. The van der Waals surface area contributed by atoms with Gasteiger partial charge >= 0.3 is 24.7 Å². The predicted octanol–water partition coefficient (Wildman–Crippen LogP) is 3.58. The molecular weight excluding hydrogens is 303 g/mol. The van der Waals surface area contributed by atoms with Crippen LogP contribution in [-0.2, 0) is 9.47 Å². The van der Waals surface area contributed by atoms with Crippen LogP contribution in [-0.4, -0.2) is 36.9 Å². The van der Waals surface area contributed by atoms with Gasteiger partial charge in [-0.1, -0.05) is 0 Å². The minimum absolute atomic E-state index is 0.206. The van der Waals surface area contributed by atoms with E-state index in [1.165, 1.54) is 0 Å². The lowest BCUT2D eigenvalue weighted by Crippen LogP contribution is -2.46. The molecule has 1 unspecified atom stereocenters. The molecule has 0 bridgehead atoms. The molecule has 114 valence electrons. The van der Waals surface area contributed by atoms with Crippen LogP contribution in [0.4, 0.5) is 44.3 Å². The van der Waals surface area contributed by atoms with Crippen LogP contribution in [0.3, 0.4) is 0 Å². The summed E-state index contributed by atoms with van der Waals surface area (Å²) in [7, 11) is 0. The zero-order chi connectivity index (χ0) is 15.6. The number of halogens is 9. The van der Waals surface area contributed by atoms with Crippen LogP contribution >= 0.6 is 0 Å². The van der Waals surface area contributed by atoms with Gasteiger partial charge in [-0.2, -0.15) is 39.5 Å². The van der Waals surface area contributed by atoms with Gasteiger partial charge < -0.3 is 9.47 Å². The summed E-state index contributed by atoms with van der Waals surface area (Å²) in [4.78, 5) is 10.5. The zero-order valence-electron chi connectivity index (χ0n) is 8.78. The number of alkyl halides is 9. The highest BCUT2D eigenvalue weighted by Crippen LogP contribution is 2.36. The maximum Gasteiger partial charge on any atom is 0.509 e. The van der Waals surface area contributed by atoms with Crippen LogP contribution < -0.4 is 0 Å². The van der Waals surface area contributed by atoms with E-state index < -0.39 is 36.9 Å². The van der Waals surface area contributed by atoms with Crippen molar-refractivity contribution in [3.63, 3.8) is 0 Å². The quantitative estimate of drug-likeness (QED) is 0.578. The second kappa shape index (κ2) is 5.33. The highest BCUT2D eigenvalue weighted by atomic mass is 19.4. The first-order chi connectivity index (χ1) is 8.15. The van der Waals surface area contributed by atoms with E-state index in [0.29, 0.717) is 0 Å². The molecule has 0 fully saturated rings. The predicted molar refractivity (Wildman–Crippen MR) is 39.0 cm³/mol. The summed E-state index contributed by atoms with van der Waals surface area (Å²) in [6, 6.07) is 0. The van der Waals surface area contributed by atoms with Crippen LogP contribution in [0.25, 0.3) is 0 Å². The number of ether oxygens (including phenoxy) is 2. The van der Waals surface area contributed by atoms with Gasteiger partial charge in [0, 0.05) is 0 Å². The number of carbonyl (C=O) groups is 1. The highest BCUT2D eigenvalue weighted by Gasteiger charge is 2.60. The molecule has 0 radical (unpaired) electrons. The first-order valence-corrected chi connectivity index (χ1v) is 4.23. The summed E-state index contributed by atoms with van der Waals surface area (Å²) in [5.41, 5.74) is 0. The summed E-state index contributed by atoms with van der Waals surface area (Å²) >= 11 is 0. The van der Waals surface area contributed by atoms with E-state index in [4.69, 9.17) is 0 Å². The Labute approximate surface area is 98.8 Å². The Kier molecular flexibility index (Phi) is 4.95. The molecule has 0 aromatic heterocycles. The summed E-state index contributed by atoms with van der Waals surface area (Å²) in [6.07, 6.45) is -27.4. The lowest BCUT2D eigenvalue weighted by atomic mass is 10.3. The minimum atomic E-state index is -6.03. The molecule has 19 heavy (non-hydrogen) atoms. The molecule has 0 aliphatic carbocycles. The fraction of sp³-hybridized carbons (Fsp3) is 0.857. The fourth-order valence-electron chi connectivity index (χ4n) is 0.654. The van der Waals surface area contributed by atoms with Gasteiger partial charge in [0.05, 0.1) is 0 Å². The van der Waals surface area contributed by atoms with Crippen molar-refractivity contribution in [2.24, 2.45) is 0 Å². The maximum absolute atomic E-state index is 11.9. The van der Waals surface area contributed by atoms with Crippen molar-refractivity contribution in [1.82, 2.24) is 0 Å². The summed E-state index contributed by atoms with van der Waals surface area (Å²) in [5.74, 6) is 0. The van der Waals surface area contributed by atoms with E-state index in [-0.39, 0.29) is 6.92 Å². The van der Waals surface area contributed by atoms with Gasteiger partial charge in [0.25, 0.3) is 6.10 Å². The molecular formula is C7H5F9O3. The zero-order valence-corrected chi connectivity index (χ0v) is 8.78. The van der Waals surface area contributed by atoms with Gasteiger partial charge in [0.2, 0.25) is 0 Å². The SMILES string of the molecule is CC(OC(=O)OC(C(F)(F)F)C(F)(F)F)C(F)(F)F. The Hall–Kier alpha value is -1.36. The monoisotopic (exact) mass is 308 g/mol. The molecule has 0 heterocycles. The van der Waals surface area contributed by atoms with Crippen molar-refractivity contribution in [2.75, 3.05) is 0 Å². The Morgan fingerprint density at radius 1 is 0.789 bits per heavy atom. The van der Waals surface area contributed by atoms with Gasteiger partial charge in [0.15, 0.2) is 6.10 Å². The average molecular weight is 308 g/mol. The van der Waals surface area contributed by atoms with Gasteiger partial charge in [-0.05, 0) is 6.92 Å². The molecule has 0 aromatic carbocycles. The molecule has 0 aliphatic heterocycles. The molecule has 0 spiro atoms. The van der Waals surface area contributed by atoms with E-state index in [1.807, 2.05) is 0 Å². The number of carbonyl (C=O) groups excluding carboxylic acids is 1. The van der Waals surface area contributed by atoms with Crippen LogP contribution in [0, 0.1) is 0 Å². The molecule has 0 saturated heterocycles. The van der Waals surface area contributed by atoms with E-state index >= 15 is 0 Å². The number of hydrogen-bond donors (Lipinski definition) is 0. The molecule has 0 saturated carbocycles. The summed E-state index contributed by atoms with van der Waals surface area (Å²) in [5, 5.41) is 0. The van der Waals surface area contributed by atoms with Gasteiger partial charge in [0.1, 0.15) is 0 Å². The molecule has 0 aromatic rings. The lowest BCUT2D eigenvalue weighted by molar-refractivity contribution is -0.313. The van der Waals surface area contributed by atoms with Crippen molar-refractivity contribution in [3.8, 4) is 0 Å². The Morgan fingerprint density at radius 3 is 1.42 bits per heavy atom. The van der Waals surface area contributed by atoms with Crippen LogP contribution in [0.2, 0.25) is 0 Å². The van der Waals surface area contributed by atoms with Crippen molar-refractivity contribution < 1.29 is 53.8 Å². The standard InChI is InChI=1S/C7H5F9O3/c1-2(5(8,9)10)18-4(17)19-3(6(11,12)13)7(14,15)16/h2-3H,1H3. The van der Waals surface area contributed by atoms with Crippen molar-refractivity contribution >= 4 is 6.16 Å². The third-order valence-electron chi connectivity index (χ3n) is 1.54. The Morgan fingerprint density at radius 2 is 1.16 bits per heavy atom. The first kappa shape index (κ1) is 17.6. The van der Waals surface area contributed by atoms with Gasteiger partial charge in [-0.15, -0.1) is 0 Å². The summed E-state index contributed by atoms with van der Waals surface area (Å²) < 4.78 is 113. The van der Waals surface area contributed by atoms with E-state index in [9.17, 15) is 44.3 Å². The smallest absolute Gasteiger partial charge is 0.422 e. The Balaban J connectivity index is 4.77. The average Bonchev–Trinajstić information content (AvgIpc) is 2.08. The Bertz CT molecular complexity index is 301. The fourth-order valence-corrected chi connectivity index (χ4v) is 0.654. The minimum Gasteiger partial charge on any atom is -0.422 e. The van der Waals surface area contributed by atoms with E-state index in [2.05, 4.69) is 9.47 Å². The lowest BCUT2D eigenvalue weighted by Gasteiger charge is -2.23. The second-order valence-electron chi connectivity index (χ2n) is 3.13. The molecule has 0 N–H and O–H groups in total. The largest absolute Gasteiger partial charge is 0.509 e. The third-order valence-corrected chi connectivity index (χ3v) is 1.54. The van der Waals surface area contributed by atoms with Gasteiger partial charge in [-0.25, -0.2) is 4.79 Å². The topological polar surface area (TPSA) is 35.5 Å². The van der Waals surface area contributed by atoms with Crippen LogP contribution in [0.5, 0.6) is 0 Å². The summed E-state index contributed by atoms with van der Waals surface area (Å²) in [6.45, 7) is 0.206. The van der Waals surface area contributed by atoms with E-state index in [0.717, 1.165) is 0 Å². The van der Waals surface area contributed by atoms with Crippen molar-refractivity contribution in [3.05, 3.63) is 0 Å². The van der Waals surface area contributed by atoms with Crippen LogP contribution in [0.15, 0.2) is 0 Å². The van der Waals surface area contributed by atoms with Crippen LogP contribution in [0.1, 0.15) is 6.92 Å². The first-order valence-electron chi connectivity index (χ1n) is 4.23. The molecule has 0 rings (SSSR count). The molecule has 0 aliphatic rings. The van der Waals surface area contributed by atoms with Crippen molar-refractivity contribution in [2.45, 2.75) is 37.7 Å². The maximum atomic E-state index is 11.9. The number of rotatable bonds is 2. The normalized spacial score (nSPS) is 15.3. The highest BCUT2D eigenvalue weighted by molar-refractivity contribution is 5.60. The third kappa shape index (κ3) is 5.87. The molecule has 3 nitrogen and oxygen atoms in total. The van der Waals surface area contributed by atoms with Crippen molar-refractivity contribution in [1.29, 1.82) is 0 Å². The van der Waals surface area contributed by atoms with E-state index in [1.54, 1.807) is 0 Å².